The van der Waals surface area contributed by atoms with E-state index in [1.54, 1.807) is 0 Å². The molecule has 4 nitrogen and oxygen atoms in total. The first-order valence-electron chi connectivity index (χ1n) is 7.80. The Morgan fingerprint density at radius 2 is 1.60 bits per heavy atom. The lowest BCUT2D eigenvalue weighted by Crippen LogP contribution is -2.21. The van der Waals surface area contributed by atoms with Crippen LogP contribution < -0.4 is 5.73 Å². The summed E-state index contributed by atoms with van der Waals surface area (Å²) >= 11 is 5.03. The minimum absolute atomic E-state index is 0.265. The molecule has 1 heterocycles. The number of ether oxygens (including phenoxy) is 1. The third kappa shape index (κ3) is 20.2. The highest BCUT2D eigenvalue weighted by Crippen LogP contribution is 1.98. The van der Waals surface area contributed by atoms with Crippen molar-refractivity contribution in [3.05, 3.63) is 0 Å². The van der Waals surface area contributed by atoms with Gasteiger partial charge in [-0.2, -0.15) is 0 Å². The molecule has 0 saturated carbocycles. The SMILES string of the molecule is C1CCOC1.CCN(CC)CC.NCCCCC(=O)Cl. The number of unbranched alkanes of at least 4 members (excludes halogenated alkanes) is 1. The number of hydrogen-bond donors (Lipinski definition) is 1. The summed E-state index contributed by atoms with van der Waals surface area (Å²) in [6.07, 6.45) is 4.72. The van der Waals surface area contributed by atoms with Crippen LogP contribution in [0.2, 0.25) is 0 Å². The molecular weight excluding hydrogens is 276 g/mol. The van der Waals surface area contributed by atoms with Crippen LogP contribution in [0.4, 0.5) is 0 Å². The number of halogens is 1. The molecule has 0 unspecified atom stereocenters. The van der Waals surface area contributed by atoms with E-state index in [1.165, 1.54) is 32.5 Å². The Balaban J connectivity index is 0. The van der Waals surface area contributed by atoms with E-state index < -0.39 is 0 Å². The average molecular weight is 309 g/mol. The highest BCUT2D eigenvalue weighted by Gasteiger charge is 1.94. The largest absolute Gasteiger partial charge is 0.381 e. The Kier molecular flexibility index (Phi) is 20.8. The number of rotatable bonds is 7. The maximum absolute atomic E-state index is 10.0. The van der Waals surface area contributed by atoms with Crippen LogP contribution in [-0.4, -0.2) is 49.5 Å². The van der Waals surface area contributed by atoms with Crippen molar-refractivity contribution in [2.75, 3.05) is 39.4 Å². The molecule has 0 spiro atoms. The van der Waals surface area contributed by atoms with Crippen LogP contribution in [0.15, 0.2) is 0 Å². The van der Waals surface area contributed by atoms with Crippen LogP contribution in [0.1, 0.15) is 52.9 Å². The minimum atomic E-state index is -0.265. The van der Waals surface area contributed by atoms with Crippen molar-refractivity contribution in [2.24, 2.45) is 5.73 Å². The Labute approximate surface area is 130 Å². The monoisotopic (exact) mass is 308 g/mol. The smallest absolute Gasteiger partial charge is 0.221 e. The maximum atomic E-state index is 10.0. The molecule has 1 aliphatic heterocycles. The molecular formula is C15H33ClN2O2. The van der Waals surface area contributed by atoms with Crippen LogP contribution >= 0.6 is 11.6 Å². The topological polar surface area (TPSA) is 55.6 Å². The fraction of sp³-hybridized carbons (Fsp3) is 0.933. The Hall–Kier alpha value is -0.160. The number of nitrogens with zero attached hydrogens (tertiary/aromatic N) is 1. The van der Waals surface area contributed by atoms with E-state index in [0.717, 1.165) is 26.1 Å². The molecule has 0 aromatic heterocycles. The first kappa shape index (κ1) is 22.1. The van der Waals surface area contributed by atoms with Crippen molar-refractivity contribution in [3.63, 3.8) is 0 Å². The van der Waals surface area contributed by atoms with Gasteiger partial charge in [-0.15, -0.1) is 0 Å². The van der Waals surface area contributed by atoms with Crippen molar-refractivity contribution in [1.29, 1.82) is 0 Å². The van der Waals surface area contributed by atoms with E-state index in [2.05, 4.69) is 25.7 Å². The summed E-state index contributed by atoms with van der Waals surface area (Å²) in [4.78, 5) is 12.4. The molecule has 0 aliphatic carbocycles. The van der Waals surface area contributed by atoms with Gasteiger partial charge in [-0.25, -0.2) is 0 Å². The lowest BCUT2D eigenvalue weighted by molar-refractivity contribution is -0.111. The molecule has 2 N–H and O–H groups in total. The molecule has 1 aliphatic rings. The predicted molar refractivity (Wildman–Crippen MR) is 87.3 cm³/mol. The van der Waals surface area contributed by atoms with Crippen molar-refractivity contribution in [1.82, 2.24) is 4.90 Å². The zero-order valence-electron chi connectivity index (χ0n) is 13.5. The van der Waals surface area contributed by atoms with Gasteiger partial charge < -0.3 is 15.4 Å². The van der Waals surface area contributed by atoms with Crippen LogP contribution in [0.3, 0.4) is 0 Å². The van der Waals surface area contributed by atoms with E-state index in [-0.39, 0.29) is 5.24 Å². The highest BCUT2D eigenvalue weighted by molar-refractivity contribution is 6.63. The number of hydrogen-bond acceptors (Lipinski definition) is 4. The minimum Gasteiger partial charge on any atom is -0.381 e. The first-order chi connectivity index (χ1) is 9.62. The summed E-state index contributed by atoms with van der Waals surface area (Å²) in [6, 6.07) is 0. The third-order valence-electron chi connectivity index (χ3n) is 3.00. The second-order valence-electron chi connectivity index (χ2n) is 4.54. The Morgan fingerprint density at radius 1 is 1.10 bits per heavy atom. The van der Waals surface area contributed by atoms with Gasteiger partial charge in [0, 0.05) is 19.6 Å². The molecule has 20 heavy (non-hydrogen) atoms. The summed E-state index contributed by atoms with van der Waals surface area (Å²) in [5.74, 6) is 0. The van der Waals surface area contributed by atoms with Crippen LogP contribution in [0.25, 0.3) is 0 Å². The fourth-order valence-corrected chi connectivity index (χ4v) is 1.72. The van der Waals surface area contributed by atoms with Gasteiger partial charge in [0.1, 0.15) is 0 Å². The number of carbonyl (C=O) groups excluding carboxylic acids is 1. The molecule has 1 fully saturated rings. The van der Waals surface area contributed by atoms with Crippen molar-refractivity contribution in [2.45, 2.75) is 52.9 Å². The molecule has 1 saturated heterocycles. The number of nitrogens with two attached hydrogens (primary N) is 1. The zero-order valence-corrected chi connectivity index (χ0v) is 14.3. The molecule has 0 atom stereocenters. The normalized spacial score (nSPS) is 13.3. The second kappa shape index (κ2) is 18.8. The highest BCUT2D eigenvalue weighted by atomic mass is 35.5. The molecule has 0 bridgehead atoms. The van der Waals surface area contributed by atoms with Gasteiger partial charge in [0.15, 0.2) is 0 Å². The number of carbonyl (C=O) groups is 1. The van der Waals surface area contributed by atoms with E-state index in [0.29, 0.717) is 13.0 Å². The summed E-state index contributed by atoms with van der Waals surface area (Å²) < 4.78 is 4.94. The van der Waals surface area contributed by atoms with Crippen LogP contribution in [0.5, 0.6) is 0 Å². The molecule has 0 aromatic rings. The molecule has 122 valence electrons. The Morgan fingerprint density at radius 3 is 1.80 bits per heavy atom. The Bertz CT molecular complexity index is 183. The van der Waals surface area contributed by atoms with E-state index in [4.69, 9.17) is 22.1 Å². The summed E-state index contributed by atoms with van der Waals surface area (Å²) in [5.41, 5.74) is 5.16. The standard InChI is InChI=1S/C6H15N.C5H10ClNO.C4H8O/c1-4-7(5-2)6-3;6-5(8)3-1-2-4-7;1-2-4-5-3-1/h4-6H2,1-3H3;1-4,7H2;1-4H2. The first-order valence-corrected chi connectivity index (χ1v) is 8.18. The van der Waals surface area contributed by atoms with Crippen LogP contribution in [0, 0.1) is 0 Å². The second-order valence-corrected chi connectivity index (χ2v) is 4.96. The van der Waals surface area contributed by atoms with Gasteiger partial charge in [0.2, 0.25) is 5.24 Å². The van der Waals surface area contributed by atoms with Gasteiger partial charge in [-0.05, 0) is 63.5 Å². The molecule has 5 heteroatoms. The van der Waals surface area contributed by atoms with Crippen molar-refractivity contribution < 1.29 is 9.53 Å². The van der Waals surface area contributed by atoms with Gasteiger partial charge in [-0.1, -0.05) is 20.8 Å². The lowest BCUT2D eigenvalue weighted by Gasteiger charge is -2.13. The van der Waals surface area contributed by atoms with E-state index in [9.17, 15) is 4.79 Å². The van der Waals surface area contributed by atoms with E-state index in [1.807, 2.05) is 0 Å². The van der Waals surface area contributed by atoms with Crippen molar-refractivity contribution >= 4 is 16.8 Å². The van der Waals surface area contributed by atoms with Crippen LogP contribution in [-0.2, 0) is 9.53 Å². The predicted octanol–water partition coefficient (Wildman–Crippen LogP) is 3.03. The molecule has 0 amide bonds. The third-order valence-corrected chi connectivity index (χ3v) is 3.19. The van der Waals surface area contributed by atoms with Gasteiger partial charge in [0.05, 0.1) is 0 Å². The molecule has 0 radical (unpaired) electrons. The van der Waals surface area contributed by atoms with Crippen molar-refractivity contribution in [3.8, 4) is 0 Å². The quantitative estimate of drug-likeness (QED) is 0.580. The summed E-state index contributed by atoms with van der Waals surface area (Å²) in [6.45, 7) is 12.8. The fourth-order valence-electron chi connectivity index (χ4n) is 1.59. The summed E-state index contributed by atoms with van der Waals surface area (Å²) in [5, 5.41) is -0.265. The maximum Gasteiger partial charge on any atom is 0.221 e. The lowest BCUT2D eigenvalue weighted by atomic mass is 10.2. The van der Waals surface area contributed by atoms with Gasteiger partial charge in [-0.3, -0.25) is 4.79 Å². The van der Waals surface area contributed by atoms with E-state index >= 15 is 0 Å². The zero-order chi connectivity index (χ0) is 15.6. The molecule has 1 rings (SSSR count). The average Bonchev–Trinajstić information content (AvgIpc) is 3.01. The van der Waals surface area contributed by atoms with Gasteiger partial charge >= 0.3 is 0 Å². The van der Waals surface area contributed by atoms with Gasteiger partial charge in [0.25, 0.3) is 0 Å². The summed E-state index contributed by atoms with van der Waals surface area (Å²) in [7, 11) is 0. The molecule has 0 aromatic carbocycles.